The summed E-state index contributed by atoms with van der Waals surface area (Å²) in [5.74, 6) is -1.23. The first-order valence-corrected chi connectivity index (χ1v) is 17.5. The van der Waals surface area contributed by atoms with E-state index in [0.29, 0.717) is 44.3 Å². The van der Waals surface area contributed by atoms with E-state index in [0.717, 1.165) is 31.2 Å². The quantitative estimate of drug-likeness (QED) is 0.127. The van der Waals surface area contributed by atoms with E-state index in [9.17, 15) is 23.7 Å². The van der Waals surface area contributed by atoms with Crippen molar-refractivity contribution in [1.82, 2.24) is 20.9 Å². The second kappa shape index (κ2) is 17.3. The number of nitrogens with zero attached hydrogens (tertiary/aromatic N) is 1. The number of nitrogens with two attached hydrogens (primary N) is 1. The highest BCUT2D eigenvalue weighted by atomic mass is 31.2. The number of amides is 4. The summed E-state index contributed by atoms with van der Waals surface area (Å²) in [6, 6.07) is 11.9. The van der Waals surface area contributed by atoms with E-state index in [2.05, 4.69) is 20.5 Å². The van der Waals surface area contributed by atoms with Crippen LogP contribution in [0.4, 0.5) is 4.79 Å². The van der Waals surface area contributed by atoms with Gasteiger partial charge in [0.2, 0.25) is 17.7 Å². The maximum atomic E-state index is 13.9. The first-order valence-electron chi connectivity index (χ1n) is 16.0. The number of alkyl carbamates (subject to hydrolysis) is 1. The summed E-state index contributed by atoms with van der Waals surface area (Å²) in [6.07, 6.45) is 4.59. The zero-order chi connectivity index (χ0) is 33.8. The second-order valence-electron chi connectivity index (χ2n) is 11.8. The van der Waals surface area contributed by atoms with Gasteiger partial charge in [-0.05, 0) is 68.3 Å². The number of rotatable bonds is 14. The highest BCUT2D eigenvalue weighted by Gasteiger charge is 2.44. The van der Waals surface area contributed by atoms with Crippen LogP contribution in [0.25, 0.3) is 0 Å². The molecule has 0 aromatic heterocycles. The van der Waals surface area contributed by atoms with Gasteiger partial charge >= 0.3 is 13.9 Å². The smallest absolute Gasteiger partial charge is 0.445 e. The van der Waals surface area contributed by atoms with E-state index in [1.165, 1.54) is 24.3 Å². The monoisotopic (exact) mass is 673 g/mol. The number of hydrogen-bond donors (Lipinski definition) is 6. The molecule has 0 spiro atoms. The fourth-order valence-electron chi connectivity index (χ4n) is 5.97. The van der Waals surface area contributed by atoms with Crippen molar-refractivity contribution in [3.63, 3.8) is 0 Å². The number of phosphoric acid groups is 1. The predicted octanol–water partition coefficient (Wildman–Crippen LogP) is 2.27. The number of nitrogens with one attached hydrogen (secondary N) is 3. The Kier molecular flexibility index (Phi) is 13.2. The van der Waals surface area contributed by atoms with E-state index in [1.54, 1.807) is 29.2 Å². The molecule has 14 nitrogen and oxygen atoms in total. The summed E-state index contributed by atoms with van der Waals surface area (Å²) >= 11 is 0. The molecule has 2 heterocycles. The van der Waals surface area contributed by atoms with Crippen LogP contribution < -0.4 is 26.2 Å². The minimum absolute atomic E-state index is 0.0243. The number of ether oxygens (including phenoxy) is 1. The minimum atomic E-state index is -4.76. The molecular formula is C32H44N5O9P. The highest BCUT2D eigenvalue weighted by Crippen LogP contribution is 2.37. The molecule has 256 valence electrons. The molecule has 4 atom stereocenters. The number of carbonyl (C=O) groups is 4. The fourth-order valence-corrected chi connectivity index (χ4v) is 6.37. The molecule has 2 aliphatic rings. The molecule has 0 bridgehead atoms. The van der Waals surface area contributed by atoms with Crippen LogP contribution in [0.3, 0.4) is 0 Å². The number of fused-ring (bicyclic) bond motifs is 1. The molecule has 0 saturated carbocycles. The van der Waals surface area contributed by atoms with Gasteiger partial charge in [-0.2, -0.15) is 0 Å². The van der Waals surface area contributed by atoms with Crippen LogP contribution >= 0.6 is 7.82 Å². The Morgan fingerprint density at radius 3 is 2.38 bits per heavy atom. The number of unbranched alkanes of at least 4 members (excludes halogenated alkanes) is 1. The minimum Gasteiger partial charge on any atom is -0.445 e. The maximum absolute atomic E-state index is 13.9. The molecule has 7 N–H and O–H groups in total. The molecule has 2 unspecified atom stereocenters. The first-order chi connectivity index (χ1) is 22.5. The van der Waals surface area contributed by atoms with E-state index in [1.807, 2.05) is 6.07 Å². The third kappa shape index (κ3) is 11.1. The van der Waals surface area contributed by atoms with Crippen molar-refractivity contribution >= 4 is 31.6 Å². The van der Waals surface area contributed by atoms with Gasteiger partial charge in [0.05, 0.1) is 0 Å². The van der Waals surface area contributed by atoms with Gasteiger partial charge in [0.15, 0.2) is 0 Å². The summed E-state index contributed by atoms with van der Waals surface area (Å²) in [5.41, 5.74) is 6.85. The molecule has 0 radical (unpaired) electrons. The van der Waals surface area contributed by atoms with Gasteiger partial charge in [-0.25, -0.2) is 9.36 Å². The van der Waals surface area contributed by atoms with E-state index in [-0.39, 0.29) is 36.6 Å². The maximum Gasteiger partial charge on any atom is 0.524 e. The second-order valence-corrected chi connectivity index (χ2v) is 13.0. The molecule has 2 aliphatic heterocycles. The molecule has 0 aliphatic carbocycles. The van der Waals surface area contributed by atoms with Gasteiger partial charge in [-0.3, -0.25) is 24.2 Å². The van der Waals surface area contributed by atoms with E-state index >= 15 is 0 Å². The topological polar surface area (TPSA) is 210 Å². The summed E-state index contributed by atoms with van der Waals surface area (Å²) in [5, 5.41) is 8.36. The predicted molar refractivity (Wildman–Crippen MR) is 172 cm³/mol. The van der Waals surface area contributed by atoms with Crippen LogP contribution in [-0.2, 0) is 36.7 Å². The average molecular weight is 674 g/mol. The zero-order valence-corrected chi connectivity index (χ0v) is 27.1. The lowest BCUT2D eigenvalue weighted by Gasteiger charge is -2.35. The van der Waals surface area contributed by atoms with Crippen molar-refractivity contribution in [3.05, 3.63) is 65.7 Å². The van der Waals surface area contributed by atoms with Gasteiger partial charge in [0, 0.05) is 19.0 Å². The summed E-state index contributed by atoms with van der Waals surface area (Å²) < 4.78 is 21.1. The van der Waals surface area contributed by atoms with Crippen LogP contribution in [-0.4, -0.2) is 75.8 Å². The standard InChI is InChI=1S/C32H44N5O9P/c33-18-6-7-19-34-30(39)28-17-14-24-10-4-5-11-26(31(40)37(24)28)35-29(38)27(36-32(41)45-21-23-8-2-1-3-9-23)20-22-12-15-25(16-13-22)46-47(42,43)44/h1-3,8-9,12-13,15-16,24,26-28H,4-7,10-11,14,17-21,33H2,(H,34,39)(H,35,38)(H,36,41)(H2,42,43,44)/t24-,26?,27-,28?/m0/s1. The Morgan fingerprint density at radius 2 is 1.68 bits per heavy atom. The van der Waals surface area contributed by atoms with Gasteiger partial charge in [-0.1, -0.05) is 55.3 Å². The summed E-state index contributed by atoms with van der Waals surface area (Å²) in [6.45, 7) is 0.979. The summed E-state index contributed by atoms with van der Waals surface area (Å²) in [4.78, 5) is 73.4. The van der Waals surface area contributed by atoms with Crippen molar-refractivity contribution in [1.29, 1.82) is 0 Å². The van der Waals surface area contributed by atoms with Crippen molar-refractivity contribution in [2.24, 2.45) is 5.73 Å². The lowest BCUT2D eigenvalue weighted by Crippen LogP contribution is -2.59. The molecule has 4 rings (SSSR count). The third-order valence-electron chi connectivity index (χ3n) is 8.29. The lowest BCUT2D eigenvalue weighted by molar-refractivity contribution is -0.144. The van der Waals surface area contributed by atoms with E-state index in [4.69, 9.17) is 20.3 Å². The number of hydrogen-bond acceptors (Lipinski definition) is 8. The Hall–Kier alpha value is -3.97. The molecule has 2 aromatic rings. The van der Waals surface area contributed by atoms with Crippen LogP contribution in [0.5, 0.6) is 5.75 Å². The molecule has 47 heavy (non-hydrogen) atoms. The van der Waals surface area contributed by atoms with Crippen molar-refractivity contribution in [2.45, 2.75) is 88.6 Å². The average Bonchev–Trinajstić information content (AvgIpc) is 3.46. The Bertz CT molecular complexity index is 1410. The van der Waals surface area contributed by atoms with Crippen LogP contribution in [0.2, 0.25) is 0 Å². The van der Waals surface area contributed by atoms with Crippen LogP contribution in [0, 0.1) is 0 Å². The summed E-state index contributed by atoms with van der Waals surface area (Å²) in [7, 11) is -4.76. The zero-order valence-electron chi connectivity index (χ0n) is 26.2. The number of phosphoric ester groups is 1. The fraction of sp³-hybridized carbons (Fsp3) is 0.500. The van der Waals surface area contributed by atoms with Crippen molar-refractivity contribution in [3.8, 4) is 5.75 Å². The SMILES string of the molecule is NCCCCNC(=O)C1CC[C@@H]2CCCCC(NC(=O)[C@H](Cc3ccc(OP(=O)(O)O)cc3)NC(=O)OCc3ccccc3)C(=O)N12. The number of benzene rings is 2. The molecule has 2 fully saturated rings. The molecule has 2 aromatic carbocycles. The van der Waals surface area contributed by atoms with Crippen LogP contribution in [0.15, 0.2) is 54.6 Å². The Balaban J connectivity index is 1.47. The van der Waals surface area contributed by atoms with Gasteiger partial charge in [0.1, 0.15) is 30.5 Å². The van der Waals surface area contributed by atoms with Crippen LogP contribution in [0.1, 0.15) is 62.5 Å². The van der Waals surface area contributed by atoms with Crippen molar-refractivity contribution in [2.75, 3.05) is 13.1 Å². The van der Waals surface area contributed by atoms with Gasteiger partial charge < -0.3 is 35.8 Å². The first kappa shape index (κ1) is 35.9. The molecule has 15 heteroatoms. The highest BCUT2D eigenvalue weighted by molar-refractivity contribution is 7.46. The normalized spacial score (nSPS) is 20.3. The lowest BCUT2D eigenvalue weighted by atomic mass is 9.98. The molecular weight excluding hydrogens is 629 g/mol. The Morgan fingerprint density at radius 1 is 0.957 bits per heavy atom. The third-order valence-corrected chi connectivity index (χ3v) is 8.74. The van der Waals surface area contributed by atoms with Gasteiger partial charge in [0.25, 0.3) is 0 Å². The van der Waals surface area contributed by atoms with Gasteiger partial charge in [-0.15, -0.1) is 0 Å². The van der Waals surface area contributed by atoms with Crippen molar-refractivity contribution < 1.29 is 42.8 Å². The largest absolute Gasteiger partial charge is 0.524 e. The molecule has 4 amide bonds. The molecule has 2 saturated heterocycles. The number of carbonyl (C=O) groups excluding carboxylic acids is 4. The van der Waals surface area contributed by atoms with E-state index < -0.39 is 37.9 Å². The Labute approximate surface area is 274 Å².